The van der Waals surface area contributed by atoms with Crippen LogP contribution in [-0.4, -0.2) is 42.6 Å². The summed E-state index contributed by atoms with van der Waals surface area (Å²) in [5.41, 5.74) is 0. The minimum atomic E-state index is 0.233. The van der Waals surface area contributed by atoms with Gasteiger partial charge in [0.05, 0.1) is 11.1 Å². The summed E-state index contributed by atoms with van der Waals surface area (Å²) in [6.07, 6.45) is 1.69. The Labute approximate surface area is 112 Å². The van der Waals surface area contributed by atoms with Gasteiger partial charge >= 0.3 is 0 Å². The van der Waals surface area contributed by atoms with Crippen LogP contribution < -0.4 is 5.32 Å². The molecule has 1 amide bonds. The first-order chi connectivity index (χ1) is 8.56. The van der Waals surface area contributed by atoms with Crippen LogP contribution in [0.1, 0.15) is 11.5 Å². The van der Waals surface area contributed by atoms with Crippen LogP contribution in [-0.2, 0) is 4.79 Å². The molecule has 1 aromatic heterocycles. The van der Waals surface area contributed by atoms with Crippen LogP contribution in [0, 0.1) is 6.92 Å². The van der Waals surface area contributed by atoms with E-state index in [0.29, 0.717) is 11.1 Å². The topological polar surface area (TPSA) is 45.5 Å². The van der Waals surface area contributed by atoms with Crippen molar-refractivity contribution in [1.29, 1.82) is 0 Å². The van der Waals surface area contributed by atoms with E-state index in [-0.39, 0.29) is 5.91 Å². The second-order valence-corrected chi connectivity index (χ2v) is 5.21. The van der Waals surface area contributed by atoms with E-state index in [1.165, 1.54) is 0 Å². The van der Waals surface area contributed by atoms with E-state index in [1.807, 2.05) is 33.2 Å². The van der Waals surface area contributed by atoms with E-state index in [2.05, 4.69) is 11.9 Å². The molecule has 1 aliphatic heterocycles. The van der Waals surface area contributed by atoms with Gasteiger partial charge in [0.1, 0.15) is 11.5 Å². The number of rotatable bonds is 2. The van der Waals surface area contributed by atoms with Crippen molar-refractivity contribution in [1.82, 2.24) is 10.2 Å². The van der Waals surface area contributed by atoms with E-state index >= 15 is 0 Å². The van der Waals surface area contributed by atoms with Crippen molar-refractivity contribution in [2.75, 3.05) is 26.4 Å². The second-order valence-electron chi connectivity index (χ2n) is 4.02. The molecule has 1 aromatic rings. The lowest BCUT2D eigenvalue weighted by atomic mass is 10.4. The molecule has 0 aliphatic carbocycles. The molecule has 1 atom stereocenters. The van der Waals surface area contributed by atoms with Crippen molar-refractivity contribution in [3.63, 3.8) is 0 Å². The number of nitrogens with zero attached hydrogens (tertiary/aromatic N) is 1. The van der Waals surface area contributed by atoms with Crippen LogP contribution in [0.2, 0.25) is 0 Å². The molecular formula is C13H20N2O2S. The maximum atomic E-state index is 10.9. The Hall–Kier alpha value is -1.20. The molecule has 1 aliphatic rings. The van der Waals surface area contributed by atoms with Gasteiger partial charge in [0.2, 0.25) is 5.91 Å². The third-order valence-corrected chi connectivity index (χ3v) is 3.76. The van der Waals surface area contributed by atoms with Gasteiger partial charge in [-0.3, -0.25) is 4.79 Å². The molecular weight excluding hydrogens is 248 g/mol. The molecule has 2 heterocycles. The quantitative estimate of drug-likeness (QED) is 0.890. The molecule has 0 spiro atoms. The fourth-order valence-electron chi connectivity index (χ4n) is 1.42. The minimum absolute atomic E-state index is 0.233. The first-order valence-electron chi connectivity index (χ1n) is 5.78. The van der Waals surface area contributed by atoms with E-state index in [0.717, 1.165) is 18.1 Å². The Balaban J connectivity index is 0.000000184. The number of nitrogens with one attached hydrogen (secondary N) is 1. The largest absolute Gasteiger partial charge is 0.462 e. The highest BCUT2D eigenvalue weighted by Gasteiger charge is 2.21. The first-order valence-corrected chi connectivity index (χ1v) is 6.83. The molecule has 2 rings (SSSR count). The van der Waals surface area contributed by atoms with Gasteiger partial charge in [-0.05, 0) is 32.2 Å². The molecule has 5 heteroatoms. The van der Waals surface area contributed by atoms with Gasteiger partial charge in [0.15, 0.2) is 0 Å². The lowest BCUT2D eigenvalue weighted by Gasteiger charge is -2.28. The molecule has 1 saturated heterocycles. The van der Waals surface area contributed by atoms with Crippen molar-refractivity contribution < 1.29 is 9.21 Å². The number of thioether (sulfide) groups is 1. The van der Waals surface area contributed by atoms with Crippen LogP contribution in [0.5, 0.6) is 0 Å². The zero-order chi connectivity index (χ0) is 13.5. The van der Waals surface area contributed by atoms with Gasteiger partial charge in [0.25, 0.3) is 0 Å². The number of hydrogen-bond acceptors (Lipinski definition) is 4. The van der Waals surface area contributed by atoms with Gasteiger partial charge in [-0.25, -0.2) is 0 Å². The SMILES string of the molecule is C=Cc1ccc(C)o1.CNC1CN(C)C(=O)CS1. The molecule has 0 saturated carbocycles. The van der Waals surface area contributed by atoms with Gasteiger partial charge in [-0.1, -0.05) is 6.58 Å². The number of likely N-dealkylation sites (N-methyl/N-ethyl adjacent to an activating group) is 2. The first kappa shape index (κ1) is 14.9. The molecule has 1 fully saturated rings. The van der Waals surface area contributed by atoms with Gasteiger partial charge in [-0.2, -0.15) is 0 Å². The lowest BCUT2D eigenvalue weighted by Crippen LogP contribution is -2.44. The summed E-state index contributed by atoms with van der Waals surface area (Å²) in [5, 5.41) is 3.54. The van der Waals surface area contributed by atoms with Gasteiger partial charge < -0.3 is 14.6 Å². The Bertz CT molecular complexity index is 403. The fourth-order valence-corrected chi connectivity index (χ4v) is 2.48. The Morgan fingerprint density at radius 2 is 2.33 bits per heavy atom. The molecule has 0 bridgehead atoms. The summed E-state index contributed by atoms with van der Waals surface area (Å²) >= 11 is 1.67. The molecule has 0 radical (unpaired) electrons. The average Bonchev–Trinajstić information content (AvgIpc) is 2.79. The van der Waals surface area contributed by atoms with E-state index < -0.39 is 0 Å². The zero-order valence-electron chi connectivity index (χ0n) is 11.1. The number of carbonyl (C=O) groups excluding carboxylic acids is 1. The third kappa shape index (κ3) is 4.58. The van der Waals surface area contributed by atoms with Crippen molar-refractivity contribution in [2.45, 2.75) is 12.3 Å². The molecule has 18 heavy (non-hydrogen) atoms. The fraction of sp³-hybridized carbons (Fsp3) is 0.462. The molecule has 1 N–H and O–H groups in total. The standard InChI is InChI=1S/C7H8O.C6H12N2OS/c1-3-7-5-4-6(2)8-7;1-7-5-3-8(2)6(9)4-10-5/h3-5H,1H2,2H3;5,7H,3-4H2,1-2H3. The van der Waals surface area contributed by atoms with Crippen LogP contribution in [0.15, 0.2) is 23.1 Å². The Morgan fingerprint density at radius 3 is 2.72 bits per heavy atom. The van der Waals surface area contributed by atoms with E-state index in [9.17, 15) is 4.79 Å². The summed E-state index contributed by atoms with van der Waals surface area (Å²) in [4.78, 5) is 12.7. The minimum Gasteiger partial charge on any atom is -0.462 e. The number of hydrogen-bond donors (Lipinski definition) is 1. The summed E-state index contributed by atoms with van der Waals surface area (Å²) in [7, 11) is 3.76. The van der Waals surface area contributed by atoms with E-state index in [1.54, 1.807) is 22.7 Å². The third-order valence-electron chi connectivity index (χ3n) is 2.56. The Morgan fingerprint density at radius 1 is 1.61 bits per heavy atom. The summed E-state index contributed by atoms with van der Waals surface area (Å²) in [6, 6.07) is 3.80. The number of aryl methyl sites for hydroxylation is 1. The molecule has 4 nitrogen and oxygen atoms in total. The van der Waals surface area contributed by atoms with Gasteiger partial charge in [0, 0.05) is 13.6 Å². The smallest absolute Gasteiger partial charge is 0.232 e. The molecule has 100 valence electrons. The summed E-state index contributed by atoms with van der Waals surface area (Å²) in [5.74, 6) is 2.61. The number of amides is 1. The maximum Gasteiger partial charge on any atom is 0.232 e. The second kappa shape index (κ2) is 7.28. The van der Waals surface area contributed by atoms with Crippen molar-refractivity contribution in [2.24, 2.45) is 0 Å². The molecule has 0 aromatic carbocycles. The highest BCUT2D eigenvalue weighted by molar-refractivity contribution is 8.00. The predicted octanol–water partition coefficient (Wildman–Crippen LogP) is 1.97. The van der Waals surface area contributed by atoms with Gasteiger partial charge in [-0.15, -0.1) is 11.8 Å². The summed E-state index contributed by atoms with van der Waals surface area (Å²) in [6.45, 7) is 6.28. The van der Waals surface area contributed by atoms with Crippen LogP contribution in [0.25, 0.3) is 6.08 Å². The predicted molar refractivity (Wildman–Crippen MR) is 76.5 cm³/mol. The number of carbonyl (C=O) groups is 1. The average molecular weight is 268 g/mol. The van der Waals surface area contributed by atoms with Crippen LogP contribution in [0.4, 0.5) is 0 Å². The maximum absolute atomic E-state index is 10.9. The number of furan rings is 1. The lowest BCUT2D eigenvalue weighted by molar-refractivity contribution is -0.127. The summed E-state index contributed by atoms with van der Waals surface area (Å²) < 4.78 is 5.11. The monoisotopic (exact) mass is 268 g/mol. The molecule has 1 unspecified atom stereocenters. The highest BCUT2D eigenvalue weighted by atomic mass is 32.2. The highest BCUT2D eigenvalue weighted by Crippen LogP contribution is 2.15. The normalized spacial score (nSPS) is 19.2. The van der Waals surface area contributed by atoms with Crippen molar-refractivity contribution in [3.05, 3.63) is 30.2 Å². The van der Waals surface area contributed by atoms with Crippen LogP contribution >= 0.6 is 11.8 Å². The van der Waals surface area contributed by atoms with Crippen molar-refractivity contribution in [3.8, 4) is 0 Å². The van der Waals surface area contributed by atoms with E-state index in [4.69, 9.17) is 4.42 Å². The zero-order valence-corrected chi connectivity index (χ0v) is 11.9. The van der Waals surface area contributed by atoms with Crippen molar-refractivity contribution >= 4 is 23.7 Å². The Kier molecular flexibility index (Phi) is 6.01. The van der Waals surface area contributed by atoms with Crippen LogP contribution in [0.3, 0.4) is 0 Å².